The lowest BCUT2D eigenvalue weighted by Gasteiger charge is -2.13. The first-order valence-corrected chi connectivity index (χ1v) is 8.53. The predicted octanol–water partition coefficient (Wildman–Crippen LogP) is 2.77. The normalized spacial score (nSPS) is 11.5. The van der Waals surface area contributed by atoms with Crippen LogP contribution in [0.3, 0.4) is 0 Å². The fraction of sp³-hybridized carbons (Fsp3) is 0.150. The lowest BCUT2D eigenvalue weighted by atomic mass is 10.2. The second-order valence-electron chi connectivity index (χ2n) is 6.04. The molecule has 0 aliphatic heterocycles. The topological polar surface area (TPSA) is 110 Å². The van der Waals surface area contributed by atoms with Crippen LogP contribution in [0.1, 0.15) is 24.3 Å². The van der Waals surface area contributed by atoms with E-state index in [9.17, 15) is 14.4 Å². The Morgan fingerprint density at radius 2 is 1.54 bits per heavy atom. The zero-order chi connectivity index (χ0) is 20.1. The number of ether oxygens (including phenoxy) is 1. The van der Waals surface area contributed by atoms with Crippen molar-refractivity contribution in [2.75, 3.05) is 10.6 Å². The number of hydrogen-bond acceptors (Lipinski definition) is 6. The minimum Gasteiger partial charge on any atom is -0.448 e. The van der Waals surface area contributed by atoms with Crippen molar-refractivity contribution in [3.05, 3.63) is 60.4 Å². The van der Waals surface area contributed by atoms with Crippen LogP contribution in [-0.4, -0.2) is 33.9 Å². The van der Waals surface area contributed by atoms with Crippen molar-refractivity contribution in [3.8, 4) is 0 Å². The van der Waals surface area contributed by atoms with E-state index >= 15 is 0 Å². The number of benzene rings is 2. The van der Waals surface area contributed by atoms with Crippen LogP contribution in [0.4, 0.5) is 11.4 Å². The van der Waals surface area contributed by atoms with Crippen LogP contribution in [0.15, 0.2) is 54.7 Å². The Morgan fingerprint density at radius 1 is 0.929 bits per heavy atom. The number of para-hydroxylation sites is 2. The Bertz CT molecular complexity index is 1030. The summed E-state index contributed by atoms with van der Waals surface area (Å²) in [6, 6.07) is 13.7. The summed E-state index contributed by atoms with van der Waals surface area (Å²) in [6.07, 6.45) is 0.284. The van der Waals surface area contributed by atoms with Crippen molar-refractivity contribution >= 4 is 40.2 Å². The number of nitrogens with zero attached hydrogens (tertiary/aromatic N) is 2. The lowest BCUT2D eigenvalue weighted by molar-refractivity contribution is -0.123. The van der Waals surface area contributed by atoms with Gasteiger partial charge in [-0.25, -0.2) is 9.78 Å². The smallest absolute Gasteiger partial charge is 0.359 e. The zero-order valence-corrected chi connectivity index (χ0v) is 15.3. The van der Waals surface area contributed by atoms with E-state index in [0.29, 0.717) is 22.4 Å². The van der Waals surface area contributed by atoms with Crippen molar-refractivity contribution in [3.63, 3.8) is 0 Å². The standard InChI is InChI=1S/C20H18N4O4/c1-12(19(26)23-15-9-7-14(8-10-15)22-13(2)25)28-20(27)18-11-21-16-5-3-4-6-17(16)24-18/h3-12H,1-2H3,(H,22,25)(H,23,26). The van der Waals surface area contributed by atoms with Gasteiger partial charge in [-0.3, -0.25) is 14.6 Å². The highest BCUT2D eigenvalue weighted by Crippen LogP contribution is 2.15. The summed E-state index contributed by atoms with van der Waals surface area (Å²) in [4.78, 5) is 43.9. The molecule has 2 N–H and O–H groups in total. The molecule has 0 saturated carbocycles. The maximum Gasteiger partial charge on any atom is 0.359 e. The Hall–Kier alpha value is -3.81. The Balaban J connectivity index is 1.61. The number of amides is 2. The third-order valence-corrected chi connectivity index (χ3v) is 3.78. The molecular formula is C20H18N4O4. The third-order valence-electron chi connectivity index (χ3n) is 3.78. The molecule has 0 aliphatic carbocycles. The Labute approximate surface area is 160 Å². The highest BCUT2D eigenvalue weighted by atomic mass is 16.5. The van der Waals surface area contributed by atoms with Crippen molar-refractivity contribution in [2.24, 2.45) is 0 Å². The van der Waals surface area contributed by atoms with Crippen molar-refractivity contribution < 1.29 is 19.1 Å². The molecule has 1 aromatic heterocycles. The Kier molecular flexibility index (Phi) is 5.59. The number of fused-ring (bicyclic) bond motifs is 1. The molecule has 3 aromatic rings. The molecule has 0 fully saturated rings. The molecule has 1 unspecified atom stereocenters. The van der Waals surface area contributed by atoms with E-state index in [0.717, 1.165) is 0 Å². The van der Waals surface area contributed by atoms with Gasteiger partial charge >= 0.3 is 5.97 Å². The summed E-state index contributed by atoms with van der Waals surface area (Å²) >= 11 is 0. The Morgan fingerprint density at radius 3 is 2.18 bits per heavy atom. The highest BCUT2D eigenvalue weighted by molar-refractivity contribution is 5.97. The molecule has 0 aliphatic rings. The minimum atomic E-state index is -1.03. The molecule has 142 valence electrons. The van der Waals surface area contributed by atoms with E-state index in [1.54, 1.807) is 42.5 Å². The lowest BCUT2D eigenvalue weighted by Crippen LogP contribution is -2.30. The number of rotatable bonds is 5. The molecule has 0 saturated heterocycles. The SMILES string of the molecule is CC(=O)Nc1ccc(NC(=O)C(C)OC(=O)c2cnc3ccccc3n2)cc1. The molecule has 0 bridgehead atoms. The van der Waals surface area contributed by atoms with Crippen LogP contribution >= 0.6 is 0 Å². The number of carbonyl (C=O) groups is 3. The van der Waals surface area contributed by atoms with Gasteiger partial charge in [-0.05, 0) is 43.3 Å². The highest BCUT2D eigenvalue weighted by Gasteiger charge is 2.20. The minimum absolute atomic E-state index is 0.0259. The van der Waals surface area contributed by atoms with Crippen molar-refractivity contribution in [2.45, 2.75) is 20.0 Å². The van der Waals surface area contributed by atoms with E-state index < -0.39 is 18.0 Å². The van der Waals surface area contributed by atoms with Crippen molar-refractivity contribution in [1.82, 2.24) is 9.97 Å². The zero-order valence-electron chi connectivity index (χ0n) is 15.3. The molecule has 0 spiro atoms. The van der Waals surface area contributed by atoms with Gasteiger partial charge < -0.3 is 15.4 Å². The summed E-state index contributed by atoms with van der Waals surface area (Å²) in [5.41, 5.74) is 2.37. The fourth-order valence-electron chi connectivity index (χ4n) is 2.41. The first kappa shape index (κ1) is 19.0. The number of aromatic nitrogens is 2. The summed E-state index contributed by atoms with van der Waals surface area (Å²) in [5, 5.41) is 5.27. The number of esters is 1. The van der Waals surface area contributed by atoms with E-state index in [1.165, 1.54) is 20.0 Å². The van der Waals surface area contributed by atoms with Gasteiger partial charge in [-0.2, -0.15) is 0 Å². The van der Waals surface area contributed by atoms with E-state index in [1.807, 2.05) is 6.07 Å². The van der Waals surface area contributed by atoms with Gasteiger partial charge in [-0.1, -0.05) is 12.1 Å². The molecule has 2 aromatic carbocycles. The van der Waals surface area contributed by atoms with Gasteiger partial charge in [0.2, 0.25) is 5.91 Å². The number of carbonyl (C=O) groups excluding carboxylic acids is 3. The monoisotopic (exact) mass is 378 g/mol. The van der Waals surface area contributed by atoms with Gasteiger partial charge in [0.05, 0.1) is 17.2 Å². The quantitative estimate of drug-likeness (QED) is 0.661. The first-order valence-electron chi connectivity index (χ1n) is 8.53. The molecule has 3 rings (SSSR count). The molecule has 8 nitrogen and oxygen atoms in total. The number of anilines is 2. The molecule has 0 radical (unpaired) electrons. The summed E-state index contributed by atoms with van der Waals surface area (Å²) in [5.74, 6) is -1.41. The average molecular weight is 378 g/mol. The van der Waals surface area contributed by atoms with Gasteiger partial charge in [-0.15, -0.1) is 0 Å². The summed E-state index contributed by atoms with van der Waals surface area (Å²) < 4.78 is 5.19. The molecule has 8 heteroatoms. The third kappa shape index (κ3) is 4.67. The van der Waals surface area contributed by atoms with Crippen LogP contribution in [-0.2, 0) is 14.3 Å². The second-order valence-corrected chi connectivity index (χ2v) is 6.04. The van der Waals surface area contributed by atoms with Crippen LogP contribution in [0.5, 0.6) is 0 Å². The second kappa shape index (κ2) is 8.26. The van der Waals surface area contributed by atoms with Crippen LogP contribution in [0, 0.1) is 0 Å². The van der Waals surface area contributed by atoms with Crippen LogP contribution < -0.4 is 10.6 Å². The maximum absolute atomic E-state index is 12.3. The first-order chi connectivity index (χ1) is 13.4. The fourth-order valence-corrected chi connectivity index (χ4v) is 2.41. The predicted molar refractivity (Wildman–Crippen MR) is 104 cm³/mol. The summed E-state index contributed by atoms with van der Waals surface area (Å²) in [7, 11) is 0. The van der Waals surface area contributed by atoms with Crippen LogP contribution in [0.25, 0.3) is 11.0 Å². The maximum atomic E-state index is 12.3. The average Bonchev–Trinajstić information content (AvgIpc) is 2.68. The number of nitrogens with one attached hydrogen (secondary N) is 2. The van der Waals surface area contributed by atoms with Crippen molar-refractivity contribution in [1.29, 1.82) is 0 Å². The number of hydrogen-bond donors (Lipinski definition) is 2. The van der Waals surface area contributed by atoms with Crippen LogP contribution in [0.2, 0.25) is 0 Å². The van der Waals surface area contributed by atoms with Gasteiger partial charge in [0, 0.05) is 18.3 Å². The van der Waals surface area contributed by atoms with Gasteiger partial charge in [0.1, 0.15) is 0 Å². The van der Waals surface area contributed by atoms with E-state index in [-0.39, 0.29) is 11.6 Å². The van der Waals surface area contributed by atoms with E-state index in [4.69, 9.17) is 4.74 Å². The molecule has 28 heavy (non-hydrogen) atoms. The molecule has 1 atom stereocenters. The molecule has 2 amide bonds. The summed E-state index contributed by atoms with van der Waals surface area (Å²) in [6.45, 7) is 2.87. The molecule has 1 heterocycles. The van der Waals surface area contributed by atoms with E-state index in [2.05, 4.69) is 20.6 Å². The molecular weight excluding hydrogens is 360 g/mol. The largest absolute Gasteiger partial charge is 0.448 e. The van der Waals surface area contributed by atoms with Gasteiger partial charge in [0.15, 0.2) is 11.8 Å². The van der Waals surface area contributed by atoms with Gasteiger partial charge in [0.25, 0.3) is 5.91 Å².